The third kappa shape index (κ3) is 5.95. The number of aliphatic hydroxyl groups is 1. The highest BCUT2D eigenvalue weighted by Crippen LogP contribution is 2.20. The molecular weight excluding hydrogens is 258 g/mol. The average Bonchev–Trinajstić information content (AvgIpc) is 2.23. The Labute approximate surface area is 106 Å². The molecule has 1 atom stereocenters. The van der Waals surface area contributed by atoms with E-state index in [0.29, 0.717) is 17.2 Å². The van der Waals surface area contributed by atoms with Gasteiger partial charge < -0.3 is 10.8 Å². The SMILES string of the molecule is CS(=O)(=O)CCSCC(O)c1cccc(N)c1. The first-order valence-electron chi connectivity index (χ1n) is 5.17. The number of aliphatic hydroxyl groups excluding tert-OH is 1. The maximum absolute atomic E-state index is 10.9. The second-order valence-electron chi connectivity index (χ2n) is 3.89. The van der Waals surface area contributed by atoms with Gasteiger partial charge in [0, 0.05) is 23.4 Å². The molecule has 4 nitrogen and oxygen atoms in total. The summed E-state index contributed by atoms with van der Waals surface area (Å²) in [6.07, 6.45) is 0.602. The lowest BCUT2D eigenvalue weighted by Gasteiger charge is -2.10. The summed E-state index contributed by atoms with van der Waals surface area (Å²) in [4.78, 5) is 0. The summed E-state index contributed by atoms with van der Waals surface area (Å²) >= 11 is 1.42. The van der Waals surface area contributed by atoms with Crippen LogP contribution < -0.4 is 5.73 Å². The minimum Gasteiger partial charge on any atom is -0.399 e. The minimum absolute atomic E-state index is 0.140. The van der Waals surface area contributed by atoms with Crippen LogP contribution in [-0.4, -0.2) is 37.0 Å². The Hall–Kier alpha value is -0.720. The van der Waals surface area contributed by atoms with Crippen LogP contribution in [0.5, 0.6) is 0 Å². The maximum Gasteiger partial charge on any atom is 0.148 e. The lowest BCUT2D eigenvalue weighted by atomic mass is 10.1. The van der Waals surface area contributed by atoms with Crippen molar-refractivity contribution in [3.05, 3.63) is 29.8 Å². The zero-order valence-electron chi connectivity index (χ0n) is 9.67. The van der Waals surface area contributed by atoms with E-state index in [1.165, 1.54) is 18.0 Å². The fourth-order valence-electron chi connectivity index (χ4n) is 1.27. The van der Waals surface area contributed by atoms with E-state index < -0.39 is 15.9 Å². The van der Waals surface area contributed by atoms with Crippen molar-refractivity contribution in [2.75, 3.05) is 29.2 Å². The predicted octanol–water partition coefficient (Wildman–Crippen LogP) is 1.08. The lowest BCUT2D eigenvalue weighted by Crippen LogP contribution is -2.07. The molecule has 1 unspecified atom stereocenters. The number of benzene rings is 1. The number of hydrogen-bond donors (Lipinski definition) is 2. The predicted molar refractivity (Wildman–Crippen MR) is 72.9 cm³/mol. The first kappa shape index (κ1) is 14.3. The van der Waals surface area contributed by atoms with Crippen LogP contribution >= 0.6 is 11.8 Å². The van der Waals surface area contributed by atoms with E-state index in [9.17, 15) is 13.5 Å². The average molecular weight is 275 g/mol. The quantitative estimate of drug-likeness (QED) is 0.600. The van der Waals surface area contributed by atoms with Crippen LogP contribution in [0.1, 0.15) is 11.7 Å². The maximum atomic E-state index is 10.9. The first-order valence-corrected chi connectivity index (χ1v) is 8.39. The van der Waals surface area contributed by atoms with Crippen molar-refractivity contribution in [3.63, 3.8) is 0 Å². The summed E-state index contributed by atoms with van der Waals surface area (Å²) in [5.41, 5.74) is 6.99. The molecule has 0 saturated carbocycles. The lowest BCUT2D eigenvalue weighted by molar-refractivity contribution is 0.204. The topological polar surface area (TPSA) is 80.4 Å². The molecule has 0 aliphatic carbocycles. The Kier molecular flexibility index (Phi) is 5.30. The van der Waals surface area contributed by atoms with E-state index in [0.717, 1.165) is 5.56 Å². The summed E-state index contributed by atoms with van der Waals surface area (Å²) in [5, 5.41) is 9.85. The Morgan fingerprint density at radius 2 is 2.18 bits per heavy atom. The smallest absolute Gasteiger partial charge is 0.148 e. The van der Waals surface area contributed by atoms with Crippen molar-refractivity contribution >= 4 is 27.3 Å². The van der Waals surface area contributed by atoms with E-state index >= 15 is 0 Å². The number of hydrogen-bond acceptors (Lipinski definition) is 5. The van der Waals surface area contributed by atoms with Crippen molar-refractivity contribution in [1.29, 1.82) is 0 Å². The van der Waals surface area contributed by atoms with Crippen LogP contribution in [0.15, 0.2) is 24.3 Å². The highest BCUT2D eigenvalue weighted by atomic mass is 32.2. The molecule has 1 aromatic carbocycles. The van der Waals surface area contributed by atoms with Crippen LogP contribution in [0, 0.1) is 0 Å². The fraction of sp³-hybridized carbons (Fsp3) is 0.455. The highest BCUT2D eigenvalue weighted by Gasteiger charge is 2.08. The van der Waals surface area contributed by atoms with Crippen LogP contribution in [0.4, 0.5) is 5.69 Å². The van der Waals surface area contributed by atoms with Gasteiger partial charge in [0.2, 0.25) is 0 Å². The molecule has 96 valence electrons. The van der Waals surface area contributed by atoms with E-state index in [-0.39, 0.29) is 5.75 Å². The molecule has 1 rings (SSSR count). The number of rotatable bonds is 6. The molecule has 0 aromatic heterocycles. The summed E-state index contributed by atoms with van der Waals surface area (Å²) in [6.45, 7) is 0. The van der Waals surface area contributed by atoms with Crippen molar-refractivity contribution < 1.29 is 13.5 Å². The zero-order valence-corrected chi connectivity index (χ0v) is 11.3. The molecule has 0 spiro atoms. The second kappa shape index (κ2) is 6.28. The molecule has 0 fully saturated rings. The molecule has 0 aliphatic heterocycles. The Morgan fingerprint density at radius 1 is 1.47 bits per heavy atom. The van der Waals surface area contributed by atoms with E-state index in [1.807, 2.05) is 0 Å². The summed E-state index contributed by atoms with van der Waals surface area (Å²) in [5.74, 6) is 1.11. The second-order valence-corrected chi connectivity index (χ2v) is 7.30. The van der Waals surface area contributed by atoms with Gasteiger partial charge in [-0.15, -0.1) is 0 Å². The van der Waals surface area contributed by atoms with E-state index in [4.69, 9.17) is 5.73 Å². The van der Waals surface area contributed by atoms with Gasteiger partial charge >= 0.3 is 0 Å². The van der Waals surface area contributed by atoms with Gasteiger partial charge in [-0.2, -0.15) is 11.8 Å². The first-order chi connectivity index (χ1) is 7.88. The van der Waals surface area contributed by atoms with Crippen LogP contribution in [0.25, 0.3) is 0 Å². The molecule has 0 radical (unpaired) electrons. The molecule has 17 heavy (non-hydrogen) atoms. The number of anilines is 1. The van der Waals surface area contributed by atoms with Crippen molar-refractivity contribution in [2.24, 2.45) is 0 Å². The monoisotopic (exact) mass is 275 g/mol. The van der Waals surface area contributed by atoms with Gasteiger partial charge in [-0.25, -0.2) is 8.42 Å². The van der Waals surface area contributed by atoms with Gasteiger partial charge in [0.05, 0.1) is 11.9 Å². The van der Waals surface area contributed by atoms with Crippen LogP contribution in [0.2, 0.25) is 0 Å². The molecule has 0 amide bonds. The van der Waals surface area contributed by atoms with Crippen molar-refractivity contribution in [2.45, 2.75) is 6.10 Å². The van der Waals surface area contributed by atoms with E-state index in [2.05, 4.69) is 0 Å². The molecule has 1 aromatic rings. The molecule has 0 saturated heterocycles. The number of sulfone groups is 1. The van der Waals surface area contributed by atoms with Gasteiger partial charge in [0.1, 0.15) is 9.84 Å². The highest BCUT2D eigenvalue weighted by molar-refractivity contribution is 8.00. The van der Waals surface area contributed by atoms with Gasteiger partial charge in [-0.3, -0.25) is 0 Å². The van der Waals surface area contributed by atoms with Gasteiger partial charge in [-0.05, 0) is 17.7 Å². The van der Waals surface area contributed by atoms with Crippen LogP contribution in [-0.2, 0) is 9.84 Å². The Bertz CT molecular complexity index is 460. The normalized spacial score (nSPS) is 13.5. The standard InChI is InChI=1S/C11H17NO3S2/c1-17(14,15)6-5-16-8-11(13)9-3-2-4-10(12)7-9/h2-4,7,11,13H,5-6,8,12H2,1H3. The van der Waals surface area contributed by atoms with E-state index in [1.54, 1.807) is 24.3 Å². The summed E-state index contributed by atoms with van der Waals surface area (Å²) in [6, 6.07) is 7.07. The minimum atomic E-state index is -2.92. The van der Waals surface area contributed by atoms with Crippen LogP contribution in [0.3, 0.4) is 0 Å². The molecule has 6 heteroatoms. The molecule has 0 aliphatic rings. The zero-order chi connectivity index (χ0) is 12.9. The van der Waals surface area contributed by atoms with Gasteiger partial charge in [0.25, 0.3) is 0 Å². The molecule has 0 heterocycles. The number of nitrogen functional groups attached to an aromatic ring is 1. The van der Waals surface area contributed by atoms with Gasteiger partial charge in [-0.1, -0.05) is 12.1 Å². The summed E-state index contributed by atoms with van der Waals surface area (Å²) in [7, 11) is -2.92. The molecular formula is C11H17NO3S2. The third-order valence-corrected chi connectivity index (χ3v) is 4.42. The largest absolute Gasteiger partial charge is 0.399 e. The number of thioether (sulfide) groups is 1. The van der Waals surface area contributed by atoms with Gasteiger partial charge in [0.15, 0.2) is 0 Å². The Morgan fingerprint density at radius 3 is 2.76 bits per heavy atom. The molecule has 3 N–H and O–H groups in total. The molecule has 0 bridgehead atoms. The van der Waals surface area contributed by atoms with Crippen molar-refractivity contribution in [1.82, 2.24) is 0 Å². The summed E-state index contributed by atoms with van der Waals surface area (Å²) < 4.78 is 21.8. The fourth-order valence-corrected chi connectivity index (χ4v) is 3.53. The number of nitrogens with two attached hydrogens (primary N) is 1. The third-order valence-electron chi connectivity index (χ3n) is 2.17. The van der Waals surface area contributed by atoms with Crippen molar-refractivity contribution in [3.8, 4) is 0 Å². The Balaban J connectivity index is 2.38.